The number of aromatic amines is 1. The summed E-state index contributed by atoms with van der Waals surface area (Å²) in [5.74, 6) is -3.91. The number of thioether (sulfide) groups is 2. The fourth-order valence-electron chi connectivity index (χ4n) is 3.63. The van der Waals surface area contributed by atoms with Crippen molar-refractivity contribution >= 4 is 47.3 Å². The second-order valence-corrected chi connectivity index (χ2v) is 9.56. The summed E-state index contributed by atoms with van der Waals surface area (Å²) in [4.78, 5) is 50.0. The molecular formula is C19H18N6O7S2. The average molecular weight is 507 g/mol. The largest absolute Gasteiger partial charge is 0.481 e. The highest BCUT2D eigenvalue weighted by Crippen LogP contribution is 2.44. The molecule has 1 aromatic carbocycles. The molecule has 4 rings (SSSR count). The molecule has 3 unspecified atom stereocenters. The van der Waals surface area contributed by atoms with E-state index in [1.165, 1.54) is 11.8 Å². The number of β-lactam (4-membered cyclic amide) rings is 1. The number of nitrogens with zero attached hydrogens (tertiary/aromatic N) is 4. The third kappa shape index (κ3) is 4.62. The number of aliphatic hydroxyl groups excluding tert-OH is 1. The third-order valence-corrected chi connectivity index (χ3v) is 7.61. The molecule has 2 aliphatic rings. The van der Waals surface area contributed by atoms with E-state index in [0.29, 0.717) is 5.56 Å². The highest BCUT2D eigenvalue weighted by Gasteiger charge is 2.55. The maximum atomic E-state index is 12.9. The van der Waals surface area contributed by atoms with E-state index in [4.69, 9.17) is 0 Å². The van der Waals surface area contributed by atoms with Crippen LogP contribution in [0.25, 0.3) is 0 Å². The van der Waals surface area contributed by atoms with Crippen molar-refractivity contribution in [3.63, 3.8) is 0 Å². The van der Waals surface area contributed by atoms with Gasteiger partial charge in [0.05, 0.1) is 6.42 Å². The van der Waals surface area contributed by atoms with Gasteiger partial charge in [-0.1, -0.05) is 42.1 Å². The van der Waals surface area contributed by atoms with Gasteiger partial charge in [-0.2, -0.15) is 5.21 Å². The smallest absolute Gasteiger partial charge is 0.352 e. The van der Waals surface area contributed by atoms with Crippen LogP contribution in [0.5, 0.6) is 0 Å². The zero-order valence-electron chi connectivity index (χ0n) is 17.2. The van der Waals surface area contributed by atoms with Gasteiger partial charge in [-0.15, -0.1) is 22.0 Å². The summed E-state index contributed by atoms with van der Waals surface area (Å²) in [5.41, 5.74) is 0.252. The van der Waals surface area contributed by atoms with Crippen LogP contribution in [0.15, 0.2) is 46.8 Å². The first-order valence-corrected chi connectivity index (χ1v) is 11.8. The molecule has 34 heavy (non-hydrogen) atoms. The van der Waals surface area contributed by atoms with Gasteiger partial charge in [-0.3, -0.25) is 19.3 Å². The summed E-state index contributed by atoms with van der Waals surface area (Å²) >= 11 is 2.11. The molecule has 2 amide bonds. The van der Waals surface area contributed by atoms with Gasteiger partial charge in [-0.25, -0.2) is 4.79 Å². The number of fused-ring (bicyclic) bond motifs is 1. The van der Waals surface area contributed by atoms with E-state index in [0.717, 1.165) is 16.7 Å². The van der Waals surface area contributed by atoms with Gasteiger partial charge < -0.3 is 20.6 Å². The molecule has 0 bridgehead atoms. The number of H-pyrrole nitrogens is 1. The molecule has 15 heteroatoms. The Morgan fingerprint density at radius 1 is 1.26 bits per heavy atom. The first kappa shape index (κ1) is 23.7. The van der Waals surface area contributed by atoms with E-state index in [9.17, 15) is 34.5 Å². The van der Waals surface area contributed by atoms with Crippen molar-refractivity contribution in [2.45, 2.75) is 34.3 Å². The van der Waals surface area contributed by atoms with Gasteiger partial charge in [0.25, 0.3) is 11.8 Å². The van der Waals surface area contributed by atoms with Crippen molar-refractivity contribution < 1.29 is 34.5 Å². The van der Waals surface area contributed by atoms with E-state index in [-0.39, 0.29) is 22.2 Å². The Labute approximate surface area is 200 Å². The van der Waals surface area contributed by atoms with Crippen LogP contribution < -0.4 is 5.32 Å². The van der Waals surface area contributed by atoms with E-state index in [1.807, 2.05) is 0 Å². The Hall–Kier alpha value is -3.43. The van der Waals surface area contributed by atoms with Crippen molar-refractivity contribution in [2.24, 2.45) is 0 Å². The number of tetrazole rings is 1. The first-order chi connectivity index (χ1) is 16.3. The second-order valence-electron chi connectivity index (χ2n) is 7.29. The summed E-state index contributed by atoms with van der Waals surface area (Å²) in [6.45, 7) is 0. The number of amides is 2. The molecule has 2 aromatic rings. The Kier molecular flexibility index (Phi) is 6.85. The number of aliphatic hydroxyl groups is 1. The molecule has 1 saturated heterocycles. The lowest BCUT2D eigenvalue weighted by Gasteiger charge is -2.50. The summed E-state index contributed by atoms with van der Waals surface area (Å²) in [6, 6.07) is 7.14. The summed E-state index contributed by atoms with van der Waals surface area (Å²) in [6.07, 6.45) is -1.92. The summed E-state index contributed by atoms with van der Waals surface area (Å²) < 4.78 is 0. The van der Waals surface area contributed by atoms with Gasteiger partial charge in [0, 0.05) is 11.0 Å². The molecule has 0 saturated carbocycles. The maximum absolute atomic E-state index is 12.9. The zero-order chi connectivity index (χ0) is 24.4. The number of carboxylic acids is 2. The minimum Gasteiger partial charge on any atom is -0.481 e. The minimum atomic E-state index is -1.49. The maximum Gasteiger partial charge on any atom is 0.352 e. The normalized spacial score (nSPS) is 21.3. The number of aliphatic carboxylic acids is 2. The molecule has 178 valence electrons. The predicted octanol–water partition coefficient (Wildman–Crippen LogP) is -0.393. The van der Waals surface area contributed by atoms with Crippen LogP contribution in [0.3, 0.4) is 0 Å². The number of hydrogen-bond donors (Lipinski definition) is 5. The topological polar surface area (TPSA) is 199 Å². The number of benzene rings is 1. The summed E-state index contributed by atoms with van der Waals surface area (Å²) in [7, 11) is 0. The minimum absolute atomic E-state index is 0.104. The molecule has 1 fully saturated rings. The number of aromatic nitrogens is 4. The predicted molar refractivity (Wildman–Crippen MR) is 117 cm³/mol. The number of rotatable bonds is 9. The van der Waals surface area contributed by atoms with Crippen molar-refractivity contribution in [1.29, 1.82) is 0 Å². The Morgan fingerprint density at radius 2 is 2.00 bits per heavy atom. The number of carbonyl (C=O) groups excluding carboxylic acids is 2. The average Bonchev–Trinajstić information content (AvgIpc) is 3.33. The molecule has 2 aliphatic heterocycles. The highest BCUT2D eigenvalue weighted by atomic mass is 32.2. The molecule has 13 nitrogen and oxygen atoms in total. The fourth-order valence-corrected chi connectivity index (χ4v) is 6.16. The lowest BCUT2D eigenvalue weighted by atomic mass is 9.99. The lowest BCUT2D eigenvalue weighted by Crippen LogP contribution is -2.71. The van der Waals surface area contributed by atoms with Crippen LogP contribution in [-0.4, -0.2) is 87.0 Å². The van der Waals surface area contributed by atoms with Gasteiger partial charge in [0.2, 0.25) is 5.16 Å². The fraction of sp³-hybridized carbons (Fsp3) is 0.316. The quantitative estimate of drug-likeness (QED) is 0.218. The Balaban J connectivity index is 1.55. The number of carbonyl (C=O) groups is 4. The monoisotopic (exact) mass is 506 g/mol. The van der Waals surface area contributed by atoms with Crippen molar-refractivity contribution in [3.05, 3.63) is 47.2 Å². The Bertz CT molecular complexity index is 1140. The molecule has 0 aliphatic carbocycles. The number of hydrogen-bond acceptors (Lipinski definition) is 10. The van der Waals surface area contributed by atoms with E-state index in [2.05, 4.69) is 25.9 Å². The van der Waals surface area contributed by atoms with Gasteiger partial charge >= 0.3 is 11.9 Å². The van der Waals surface area contributed by atoms with Crippen LogP contribution in [-0.2, 0) is 19.2 Å². The van der Waals surface area contributed by atoms with Gasteiger partial charge in [-0.05, 0) is 16.3 Å². The molecule has 5 N–H and O–H groups in total. The molecule has 0 radical (unpaired) electrons. The SMILES string of the molecule is O=C(O)CC(Sc1nn[nH]n1)C1=C(C(=O)O)N2C(=O)C(NC(=O)C(O)c3ccccc3)[C@@H]2SC1. The number of nitrogens with one attached hydrogen (secondary N) is 2. The van der Waals surface area contributed by atoms with Crippen LogP contribution in [0, 0.1) is 0 Å². The van der Waals surface area contributed by atoms with Crippen LogP contribution in [0.1, 0.15) is 18.1 Å². The number of carboxylic acid groups (broad SMARTS) is 2. The van der Waals surface area contributed by atoms with E-state index >= 15 is 0 Å². The van der Waals surface area contributed by atoms with Gasteiger partial charge in [0.1, 0.15) is 17.1 Å². The zero-order valence-corrected chi connectivity index (χ0v) is 18.8. The van der Waals surface area contributed by atoms with E-state index < -0.39 is 52.9 Å². The molecule has 4 atom stereocenters. The lowest BCUT2D eigenvalue weighted by molar-refractivity contribution is -0.151. The van der Waals surface area contributed by atoms with Crippen LogP contribution in [0.2, 0.25) is 0 Å². The highest BCUT2D eigenvalue weighted by molar-refractivity contribution is 8.01. The molecule has 0 spiro atoms. The molecule has 3 heterocycles. The first-order valence-electron chi connectivity index (χ1n) is 9.84. The molecular weight excluding hydrogens is 488 g/mol. The van der Waals surface area contributed by atoms with Crippen LogP contribution >= 0.6 is 23.5 Å². The summed E-state index contributed by atoms with van der Waals surface area (Å²) in [5, 5.41) is 43.7. The van der Waals surface area contributed by atoms with Crippen LogP contribution in [0.4, 0.5) is 0 Å². The third-order valence-electron chi connectivity index (χ3n) is 5.18. The van der Waals surface area contributed by atoms with Crippen molar-refractivity contribution in [3.8, 4) is 0 Å². The Morgan fingerprint density at radius 3 is 2.62 bits per heavy atom. The van der Waals surface area contributed by atoms with Crippen molar-refractivity contribution in [2.75, 3.05) is 5.75 Å². The second kappa shape index (κ2) is 9.82. The van der Waals surface area contributed by atoms with Gasteiger partial charge in [0.15, 0.2) is 6.10 Å². The van der Waals surface area contributed by atoms with E-state index in [1.54, 1.807) is 30.3 Å². The van der Waals surface area contributed by atoms with Crippen molar-refractivity contribution in [1.82, 2.24) is 30.8 Å². The molecule has 1 aromatic heterocycles. The standard InChI is InChI=1S/C19H18N6O7S2/c26-11(27)6-10(34-19-21-23-24-22-19)9-7-33-17-12(16(30)25(17)13(9)18(31)32)20-15(29)14(28)8-4-2-1-3-5-8/h1-5,10,12,14,17,28H,6-7H2,(H,20,29)(H,26,27)(H,31,32)(H,21,22,23,24)/t10?,12?,14?,17-/m0/s1.